The highest BCUT2D eigenvalue weighted by Crippen LogP contribution is 2.33. The number of fused-ring (bicyclic) bond motifs is 1. The summed E-state index contributed by atoms with van der Waals surface area (Å²) in [6, 6.07) is 7.52. The quantitative estimate of drug-likeness (QED) is 0.621. The van der Waals surface area contributed by atoms with E-state index < -0.39 is 12.5 Å². The van der Waals surface area contributed by atoms with Crippen molar-refractivity contribution in [1.29, 1.82) is 0 Å². The van der Waals surface area contributed by atoms with Crippen molar-refractivity contribution < 1.29 is 13.5 Å². The third kappa shape index (κ3) is 3.71. The Morgan fingerprint density at radius 1 is 1.25 bits per heavy atom. The van der Waals surface area contributed by atoms with Crippen molar-refractivity contribution in [3.63, 3.8) is 0 Å². The molecule has 1 aliphatic rings. The van der Waals surface area contributed by atoms with E-state index in [4.69, 9.17) is 16.3 Å². The lowest BCUT2D eigenvalue weighted by Crippen LogP contribution is -2.26. The first-order valence-corrected chi connectivity index (χ1v) is 9.45. The number of anilines is 1. The Balaban J connectivity index is 1.76. The van der Waals surface area contributed by atoms with E-state index in [0.29, 0.717) is 35.2 Å². The molecule has 3 heterocycles. The minimum atomic E-state index is -2.75. The van der Waals surface area contributed by atoms with Crippen LogP contribution in [0.5, 0.6) is 6.01 Å². The number of alkyl halides is 2. The summed E-state index contributed by atoms with van der Waals surface area (Å²) < 4.78 is 34.7. The molecule has 0 atom stereocenters. The molecule has 1 aromatic carbocycles. The summed E-state index contributed by atoms with van der Waals surface area (Å²) in [7, 11) is 0. The smallest absolute Gasteiger partial charge is 0.320 e. The highest BCUT2D eigenvalue weighted by atomic mass is 35.5. The summed E-state index contributed by atoms with van der Waals surface area (Å²) in [5.74, 6) is -2.44. The number of hydrogen-bond acceptors (Lipinski definition) is 6. The monoisotopic (exact) mass is 408 g/mol. The van der Waals surface area contributed by atoms with Gasteiger partial charge in [0.25, 0.3) is 5.92 Å². The summed E-state index contributed by atoms with van der Waals surface area (Å²) in [5, 5.41) is 8.92. The zero-order chi connectivity index (χ0) is 19.7. The van der Waals surface area contributed by atoms with E-state index in [1.807, 2.05) is 25.1 Å². The highest BCUT2D eigenvalue weighted by molar-refractivity contribution is 6.31. The molecule has 10 heteroatoms. The van der Waals surface area contributed by atoms with E-state index in [0.717, 1.165) is 12.0 Å². The summed E-state index contributed by atoms with van der Waals surface area (Å²) in [6.45, 7) is 2.50. The van der Waals surface area contributed by atoms with Crippen LogP contribution in [-0.4, -0.2) is 50.6 Å². The lowest BCUT2D eigenvalue weighted by Gasteiger charge is -2.17. The molecule has 2 aromatic heterocycles. The van der Waals surface area contributed by atoms with Crippen molar-refractivity contribution in [1.82, 2.24) is 25.0 Å². The maximum absolute atomic E-state index is 13.7. The van der Waals surface area contributed by atoms with Gasteiger partial charge in [-0.05, 0) is 18.1 Å². The van der Waals surface area contributed by atoms with Gasteiger partial charge in [-0.3, -0.25) is 0 Å². The third-order valence-electron chi connectivity index (χ3n) is 4.51. The van der Waals surface area contributed by atoms with E-state index in [9.17, 15) is 8.78 Å². The summed E-state index contributed by atoms with van der Waals surface area (Å²) in [5.41, 5.74) is 1.64. The summed E-state index contributed by atoms with van der Waals surface area (Å²) in [4.78, 5) is 10.3. The molecular weight excluding hydrogens is 390 g/mol. The highest BCUT2D eigenvalue weighted by Gasteiger charge is 2.40. The SMILES string of the molecule is CCCOc1nc(N2CCC(F)(F)C2)c2nnn(Cc3ccccc3Cl)c2n1. The maximum Gasteiger partial charge on any atom is 0.320 e. The van der Waals surface area contributed by atoms with Crippen LogP contribution >= 0.6 is 11.6 Å². The summed E-state index contributed by atoms with van der Waals surface area (Å²) >= 11 is 6.25. The lowest BCUT2D eigenvalue weighted by atomic mass is 10.2. The van der Waals surface area contributed by atoms with Crippen LogP contribution in [0.3, 0.4) is 0 Å². The van der Waals surface area contributed by atoms with Crippen LogP contribution in [0.4, 0.5) is 14.6 Å². The average Bonchev–Trinajstić information content (AvgIpc) is 3.24. The first-order valence-electron chi connectivity index (χ1n) is 9.07. The van der Waals surface area contributed by atoms with E-state index in [-0.39, 0.29) is 19.0 Å². The van der Waals surface area contributed by atoms with Crippen LogP contribution in [0.1, 0.15) is 25.3 Å². The lowest BCUT2D eigenvalue weighted by molar-refractivity contribution is 0.0257. The van der Waals surface area contributed by atoms with Crippen molar-refractivity contribution in [2.45, 2.75) is 32.2 Å². The standard InChI is InChI=1S/C18H19ClF2N6O/c1-2-9-28-17-22-15(26-8-7-18(20,21)11-26)14-16(23-17)27(25-24-14)10-12-5-3-4-6-13(12)19/h3-6H,2,7-11H2,1H3. The second kappa shape index (κ2) is 7.46. The molecule has 0 bridgehead atoms. The molecule has 1 fully saturated rings. The van der Waals surface area contributed by atoms with Crippen molar-refractivity contribution in [3.05, 3.63) is 34.9 Å². The van der Waals surface area contributed by atoms with E-state index in [2.05, 4.69) is 20.3 Å². The second-order valence-electron chi connectivity index (χ2n) is 6.72. The normalized spacial score (nSPS) is 16.1. The van der Waals surface area contributed by atoms with Gasteiger partial charge < -0.3 is 9.64 Å². The number of ether oxygens (including phenoxy) is 1. The van der Waals surface area contributed by atoms with Crippen LogP contribution in [-0.2, 0) is 6.54 Å². The number of halogens is 3. The minimum absolute atomic E-state index is 0.127. The van der Waals surface area contributed by atoms with Gasteiger partial charge in [-0.2, -0.15) is 9.97 Å². The molecule has 0 amide bonds. The average molecular weight is 409 g/mol. The molecular formula is C18H19ClF2N6O. The first kappa shape index (κ1) is 18.8. The number of aromatic nitrogens is 5. The fraction of sp³-hybridized carbons (Fsp3) is 0.444. The van der Waals surface area contributed by atoms with Crippen LogP contribution < -0.4 is 9.64 Å². The second-order valence-corrected chi connectivity index (χ2v) is 7.12. The molecule has 0 saturated carbocycles. The molecule has 28 heavy (non-hydrogen) atoms. The fourth-order valence-electron chi connectivity index (χ4n) is 3.11. The van der Waals surface area contributed by atoms with Gasteiger partial charge in [0.2, 0.25) is 0 Å². The van der Waals surface area contributed by atoms with Gasteiger partial charge in [0.05, 0.1) is 19.7 Å². The topological polar surface area (TPSA) is 69.0 Å². The zero-order valence-electron chi connectivity index (χ0n) is 15.3. The van der Waals surface area contributed by atoms with Gasteiger partial charge in [-0.1, -0.05) is 41.9 Å². The van der Waals surface area contributed by atoms with Gasteiger partial charge in [-0.25, -0.2) is 13.5 Å². The van der Waals surface area contributed by atoms with Crippen molar-refractivity contribution in [2.75, 3.05) is 24.6 Å². The van der Waals surface area contributed by atoms with Gasteiger partial charge in [0.15, 0.2) is 17.0 Å². The van der Waals surface area contributed by atoms with Crippen LogP contribution in [0.25, 0.3) is 11.2 Å². The Labute approximate surface area is 165 Å². The van der Waals surface area contributed by atoms with Crippen LogP contribution in [0.15, 0.2) is 24.3 Å². The molecule has 7 nitrogen and oxygen atoms in total. The Morgan fingerprint density at radius 3 is 2.79 bits per heavy atom. The zero-order valence-corrected chi connectivity index (χ0v) is 16.0. The van der Waals surface area contributed by atoms with E-state index >= 15 is 0 Å². The third-order valence-corrected chi connectivity index (χ3v) is 4.88. The van der Waals surface area contributed by atoms with Gasteiger partial charge in [-0.15, -0.1) is 5.10 Å². The molecule has 0 radical (unpaired) electrons. The minimum Gasteiger partial charge on any atom is -0.463 e. The molecule has 0 unspecified atom stereocenters. The molecule has 0 N–H and O–H groups in total. The summed E-state index contributed by atoms with van der Waals surface area (Å²) in [6.07, 6.45) is 0.549. The van der Waals surface area contributed by atoms with E-state index in [1.54, 1.807) is 10.7 Å². The molecule has 0 spiro atoms. The van der Waals surface area contributed by atoms with Gasteiger partial charge in [0.1, 0.15) is 0 Å². The largest absolute Gasteiger partial charge is 0.463 e. The molecule has 0 aliphatic carbocycles. The van der Waals surface area contributed by atoms with E-state index in [1.165, 1.54) is 4.90 Å². The first-order chi connectivity index (χ1) is 13.5. The molecule has 4 rings (SSSR count). The molecule has 1 saturated heterocycles. The molecule has 148 valence electrons. The Morgan fingerprint density at radius 2 is 2.07 bits per heavy atom. The van der Waals surface area contributed by atoms with Crippen LogP contribution in [0, 0.1) is 0 Å². The molecule has 3 aromatic rings. The Hall–Kier alpha value is -2.55. The maximum atomic E-state index is 13.7. The van der Waals surface area contributed by atoms with Crippen molar-refractivity contribution >= 4 is 28.6 Å². The predicted octanol–water partition coefficient (Wildman–Crippen LogP) is 3.56. The fourth-order valence-corrected chi connectivity index (χ4v) is 3.31. The number of hydrogen-bond donors (Lipinski definition) is 0. The van der Waals surface area contributed by atoms with Crippen molar-refractivity contribution in [2.24, 2.45) is 0 Å². The number of benzene rings is 1. The van der Waals surface area contributed by atoms with Crippen LogP contribution in [0.2, 0.25) is 5.02 Å². The Kier molecular flexibility index (Phi) is 5.01. The molecule has 1 aliphatic heterocycles. The predicted molar refractivity (Wildman–Crippen MR) is 101 cm³/mol. The van der Waals surface area contributed by atoms with Gasteiger partial charge in [0, 0.05) is 18.0 Å². The van der Waals surface area contributed by atoms with Crippen molar-refractivity contribution in [3.8, 4) is 6.01 Å². The number of nitrogens with zero attached hydrogens (tertiary/aromatic N) is 6. The Bertz CT molecular complexity index is 995. The number of rotatable bonds is 6. The van der Waals surface area contributed by atoms with Gasteiger partial charge >= 0.3 is 6.01 Å².